The first-order valence-corrected chi connectivity index (χ1v) is 7.27. The zero-order valence-corrected chi connectivity index (χ0v) is 12.7. The van der Waals surface area contributed by atoms with E-state index in [0.717, 1.165) is 11.1 Å². The highest BCUT2D eigenvalue weighted by atomic mass is 19.1. The fraction of sp³-hybridized carbons (Fsp3) is 0.176. The van der Waals surface area contributed by atoms with Crippen molar-refractivity contribution < 1.29 is 9.13 Å². The summed E-state index contributed by atoms with van der Waals surface area (Å²) in [7, 11) is 1.88. The van der Waals surface area contributed by atoms with Crippen molar-refractivity contribution in [2.24, 2.45) is 7.05 Å². The minimum atomic E-state index is -0.410. The molecule has 0 aliphatic heterocycles. The fourth-order valence-corrected chi connectivity index (χ4v) is 2.19. The van der Waals surface area contributed by atoms with Gasteiger partial charge in [0.05, 0.1) is 6.20 Å². The molecule has 0 unspecified atom stereocenters. The Hall–Kier alpha value is -2.73. The summed E-state index contributed by atoms with van der Waals surface area (Å²) in [6.45, 7) is 1.24. The largest absolute Gasteiger partial charge is 0.436 e. The highest BCUT2D eigenvalue weighted by Crippen LogP contribution is 2.25. The second kappa shape index (κ2) is 7.02. The molecule has 2 heterocycles. The van der Waals surface area contributed by atoms with Crippen LogP contribution in [0.2, 0.25) is 0 Å². The maximum atomic E-state index is 13.7. The van der Waals surface area contributed by atoms with Crippen LogP contribution in [0.25, 0.3) is 0 Å². The van der Waals surface area contributed by atoms with Gasteiger partial charge in [0.2, 0.25) is 5.88 Å². The third-order valence-corrected chi connectivity index (χ3v) is 3.30. The average molecular weight is 312 g/mol. The number of para-hydroxylation sites is 1. The second-order valence-corrected chi connectivity index (χ2v) is 5.13. The molecule has 0 amide bonds. The molecule has 0 aliphatic rings. The van der Waals surface area contributed by atoms with Gasteiger partial charge in [-0.3, -0.25) is 4.68 Å². The molecule has 3 rings (SSSR count). The van der Waals surface area contributed by atoms with Gasteiger partial charge in [-0.05, 0) is 18.2 Å². The normalized spacial score (nSPS) is 10.7. The number of halogens is 1. The number of ether oxygens (including phenoxy) is 1. The summed E-state index contributed by atoms with van der Waals surface area (Å²) in [5, 5.41) is 7.43. The van der Waals surface area contributed by atoms with E-state index in [1.807, 2.05) is 31.6 Å². The first-order valence-electron chi connectivity index (χ1n) is 7.27. The van der Waals surface area contributed by atoms with Gasteiger partial charge in [0.1, 0.15) is 0 Å². The van der Waals surface area contributed by atoms with E-state index in [1.165, 1.54) is 6.07 Å². The summed E-state index contributed by atoms with van der Waals surface area (Å²) in [5.41, 5.74) is 1.95. The highest BCUT2D eigenvalue weighted by molar-refractivity contribution is 5.33. The molecule has 2 aromatic heterocycles. The molecule has 0 bridgehead atoms. The lowest BCUT2D eigenvalue weighted by atomic mass is 10.2. The molecule has 0 saturated heterocycles. The fourth-order valence-electron chi connectivity index (χ4n) is 2.19. The maximum Gasteiger partial charge on any atom is 0.223 e. The van der Waals surface area contributed by atoms with Crippen molar-refractivity contribution in [2.45, 2.75) is 13.1 Å². The van der Waals surface area contributed by atoms with Gasteiger partial charge in [-0.2, -0.15) is 5.10 Å². The molecule has 0 radical (unpaired) electrons. The van der Waals surface area contributed by atoms with Crippen molar-refractivity contribution in [1.29, 1.82) is 0 Å². The lowest BCUT2D eigenvalue weighted by Crippen LogP contribution is -2.13. The van der Waals surface area contributed by atoms with E-state index in [1.54, 1.807) is 29.1 Å². The van der Waals surface area contributed by atoms with Crippen molar-refractivity contribution >= 4 is 0 Å². The van der Waals surface area contributed by atoms with E-state index in [4.69, 9.17) is 4.74 Å². The molecule has 118 valence electrons. The van der Waals surface area contributed by atoms with E-state index in [-0.39, 0.29) is 5.75 Å². The summed E-state index contributed by atoms with van der Waals surface area (Å²) in [6.07, 6.45) is 5.39. The van der Waals surface area contributed by atoms with Crippen molar-refractivity contribution in [3.05, 3.63) is 71.9 Å². The quantitative estimate of drug-likeness (QED) is 0.760. The van der Waals surface area contributed by atoms with E-state index in [2.05, 4.69) is 15.4 Å². The van der Waals surface area contributed by atoms with Crippen LogP contribution in [0, 0.1) is 5.82 Å². The molecular formula is C17H17FN4O. The molecule has 6 heteroatoms. The van der Waals surface area contributed by atoms with Crippen molar-refractivity contribution in [3.8, 4) is 11.6 Å². The first kappa shape index (κ1) is 15.2. The van der Waals surface area contributed by atoms with Crippen molar-refractivity contribution in [2.75, 3.05) is 0 Å². The minimum Gasteiger partial charge on any atom is -0.436 e. The van der Waals surface area contributed by atoms with Gasteiger partial charge < -0.3 is 10.1 Å². The average Bonchev–Trinajstić information content (AvgIpc) is 2.97. The SMILES string of the molecule is Cn1cc(CNCc2cccnc2Oc2ccccc2F)cn1. The van der Waals surface area contributed by atoms with Crippen LogP contribution in [-0.2, 0) is 20.1 Å². The van der Waals surface area contributed by atoms with Gasteiger partial charge in [0.15, 0.2) is 11.6 Å². The van der Waals surface area contributed by atoms with Crippen LogP contribution in [-0.4, -0.2) is 14.8 Å². The molecule has 23 heavy (non-hydrogen) atoms. The predicted octanol–water partition coefficient (Wildman–Crippen LogP) is 3.04. The minimum absolute atomic E-state index is 0.166. The third kappa shape index (κ3) is 3.92. The Labute approximate surface area is 133 Å². The maximum absolute atomic E-state index is 13.7. The van der Waals surface area contributed by atoms with Crippen LogP contribution >= 0.6 is 0 Å². The Morgan fingerprint density at radius 3 is 2.83 bits per heavy atom. The Kier molecular flexibility index (Phi) is 4.63. The molecule has 0 fully saturated rings. The topological polar surface area (TPSA) is 52.0 Å². The first-order chi connectivity index (χ1) is 11.2. The van der Waals surface area contributed by atoms with Gasteiger partial charge in [-0.25, -0.2) is 9.37 Å². The molecule has 3 aromatic rings. The van der Waals surface area contributed by atoms with Gasteiger partial charge in [-0.1, -0.05) is 18.2 Å². The van der Waals surface area contributed by atoms with E-state index in [9.17, 15) is 4.39 Å². The Morgan fingerprint density at radius 1 is 1.17 bits per heavy atom. The van der Waals surface area contributed by atoms with Gasteiger partial charge in [-0.15, -0.1) is 0 Å². The predicted molar refractivity (Wildman–Crippen MR) is 84.5 cm³/mol. The molecule has 0 atom stereocenters. The lowest BCUT2D eigenvalue weighted by Gasteiger charge is -2.10. The third-order valence-electron chi connectivity index (χ3n) is 3.30. The number of pyridine rings is 1. The van der Waals surface area contributed by atoms with Gasteiger partial charge >= 0.3 is 0 Å². The van der Waals surface area contributed by atoms with Gasteiger partial charge in [0.25, 0.3) is 0 Å². The number of benzene rings is 1. The number of hydrogen-bond donors (Lipinski definition) is 1. The number of nitrogens with zero attached hydrogens (tertiary/aromatic N) is 3. The standard InChI is InChI=1S/C17H17FN4O/c1-22-12-13(10-21-22)9-19-11-14-5-4-8-20-17(14)23-16-7-3-2-6-15(16)18/h2-8,10,12,19H,9,11H2,1H3. The smallest absolute Gasteiger partial charge is 0.223 e. The van der Waals surface area contributed by atoms with E-state index in [0.29, 0.717) is 19.0 Å². The molecule has 0 spiro atoms. The lowest BCUT2D eigenvalue weighted by molar-refractivity contribution is 0.420. The second-order valence-electron chi connectivity index (χ2n) is 5.13. The molecule has 0 saturated carbocycles. The Balaban J connectivity index is 1.67. The molecule has 5 nitrogen and oxygen atoms in total. The van der Waals surface area contributed by atoms with Crippen LogP contribution in [0.4, 0.5) is 4.39 Å². The number of nitrogens with one attached hydrogen (secondary N) is 1. The zero-order valence-electron chi connectivity index (χ0n) is 12.7. The van der Waals surface area contributed by atoms with E-state index < -0.39 is 5.82 Å². The van der Waals surface area contributed by atoms with Crippen LogP contribution < -0.4 is 10.1 Å². The molecular weight excluding hydrogens is 295 g/mol. The van der Waals surface area contributed by atoms with Gasteiger partial charge in [0, 0.05) is 43.7 Å². The molecule has 1 N–H and O–H groups in total. The van der Waals surface area contributed by atoms with Crippen LogP contribution in [0.1, 0.15) is 11.1 Å². The number of rotatable bonds is 6. The van der Waals surface area contributed by atoms with Crippen LogP contribution in [0.5, 0.6) is 11.6 Å². The molecule has 0 aliphatic carbocycles. The summed E-state index contributed by atoms with van der Waals surface area (Å²) in [5.74, 6) is 0.156. The summed E-state index contributed by atoms with van der Waals surface area (Å²) >= 11 is 0. The number of hydrogen-bond acceptors (Lipinski definition) is 4. The van der Waals surface area contributed by atoms with Crippen molar-refractivity contribution in [3.63, 3.8) is 0 Å². The van der Waals surface area contributed by atoms with Crippen LogP contribution in [0.3, 0.4) is 0 Å². The van der Waals surface area contributed by atoms with Crippen LogP contribution in [0.15, 0.2) is 55.0 Å². The monoisotopic (exact) mass is 312 g/mol. The summed E-state index contributed by atoms with van der Waals surface area (Å²) in [6, 6.07) is 10.0. The molecule has 1 aromatic carbocycles. The Bertz CT molecular complexity index is 788. The number of aryl methyl sites for hydroxylation is 1. The zero-order chi connectivity index (χ0) is 16.1. The highest BCUT2D eigenvalue weighted by Gasteiger charge is 2.09. The number of aromatic nitrogens is 3. The van der Waals surface area contributed by atoms with E-state index >= 15 is 0 Å². The Morgan fingerprint density at radius 2 is 2.04 bits per heavy atom. The summed E-state index contributed by atoms with van der Waals surface area (Å²) < 4.78 is 21.1. The van der Waals surface area contributed by atoms with Crippen molar-refractivity contribution in [1.82, 2.24) is 20.1 Å². The summed E-state index contributed by atoms with van der Waals surface area (Å²) in [4.78, 5) is 4.20.